The minimum atomic E-state index is -1.01. The molecular weight excluding hydrogens is 348 g/mol. The Balaban J connectivity index is 1.69. The van der Waals surface area contributed by atoms with Crippen LogP contribution >= 0.6 is 0 Å². The molecule has 0 fully saturated rings. The number of rotatable bonds is 6. The van der Waals surface area contributed by atoms with Gasteiger partial charge in [0, 0.05) is 31.0 Å². The molecule has 0 atom stereocenters. The van der Waals surface area contributed by atoms with E-state index in [9.17, 15) is 13.6 Å². The van der Waals surface area contributed by atoms with Crippen LogP contribution in [0.3, 0.4) is 0 Å². The number of halogens is 2. The number of benzene rings is 2. The summed E-state index contributed by atoms with van der Waals surface area (Å²) in [4.78, 5) is 18.7. The van der Waals surface area contributed by atoms with Crippen LogP contribution in [0, 0.1) is 11.6 Å². The molecule has 0 bridgehead atoms. The second-order valence-corrected chi connectivity index (χ2v) is 5.99. The third-order valence-electron chi connectivity index (χ3n) is 4.11. The first-order chi connectivity index (χ1) is 13.1. The second-order valence-electron chi connectivity index (χ2n) is 5.99. The number of aromatic nitrogens is 1. The Hall–Kier alpha value is -3.28. The van der Waals surface area contributed by atoms with Crippen LogP contribution in [-0.2, 0) is 6.54 Å². The van der Waals surface area contributed by atoms with E-state index in [4.69, 9.17) is 0 Å². The number of hydrogen-bond donors (Lipinski definition) is 1. The van der Waals surface area contributed by atoms with Gasteiger partial charge >= 0.3 is 0 Å². The monoisotopic (exact) mass is 367 g/mol. The van der Waals surface area contributed by atoms with Gasteiger partial charge in [-0.3, -0.25) is 4.79 Å². The Labute approximate surface area is 156 Å². The summed E-state index contributed by atoms with van der Waals surface area (Å²) >= 11 is 0. The minimum absolute atomic E-state index is 0.183. The molecule has 4 nitrogen and oxygen atoms in total. The van der Waals surface area contributed by atoms with E-state index in [2.05, 4.69) is 15.2 Å². The van der Waals surface area contributed by atoms with E-state index in [0.29, 0.717) is 12.1 Å². The molecule has 0 aliphatic heterocycles. The molecule has 6 heteroatoms. The van der Waals surface area contributed by atoms with Crippen LogP contribution in [0.1, 0.15) is 22.8 Å². The van der Waals surface area contributed by atoms with Gasteiger partial charge in [-0.1, -0.05) is 30.3 Å². The van der Waals surface area contributed by atoms with Crippen molar-refractivity contribution in [3.63, 3.8) is 0 Å². The van der Waals surface area contributed by atoms with Crippen molar-refractivity contribution in [3.05, 3.63) is 89.6 Å². The van der Waals surface area contributed by atoms with Crippen LogP contribution in [0.2, 0.25) is 0 Å². The molecule has 0 saturated heterocycles. The van der Waals surface area contributed by atoms with Gasteiger partial charge in [0.15, 0.2) is 11.6 Å². The van der Waals surface area contributed by atoms with Gasteiger partial charge in [0.2, 0.25) is 0 Å². The molecule has 27 heavy (non-hydrogen) atoms. The van der Waals surface area contributed by atoms with Gasteiger partial charge in [0.25, 0.3) is 5.91 Å². The minimum Gasteiger partial charge on any atom is -0.353 e. The highest BCUT2D eigenvalue weighted by atomic mass is 19.2. The number of pyridine rings is 1. The number of anilines is 2. The Morgan fingerprint density at radius 1 is 1.04 bits per heavy atom. The van der Waals surface area contributed by atoms with Gasteiger partial charge in [-0.25, -0.2) is 13.8 Å². The molecule has 0 radical (unpaired) electrons. The van der Waals surface area contributed by atoms with Crippen LogP contribution in [0.15, 0.2) is 66.9 Å². The Morgan fingerprint density at radius 3 is 2.44 bits per heavy atom. The fraction of sp³-hybridized carbons (Fsp3) is 0.143. The van der Waals surface area contributed by atoms with E-state index in [1.54, 1.807) is 12.1 Å². The molecule has 3 aromatic rings. The lowest BCUT2D eigenvalue weighted by molar-refractivity contribution is 0.102. The third kappa shape index (κ3) is 4.67. The van der Waals surface area contributed by atoms with Crippen molar-refractivity contribution in [1.29, 1.82) is 0 Å². The van der Waals surface area contributed by atoms with Crippen LogP contribution in [0.5, 0.6) is 0 Å². The molecule has 1 amide bonds. The number of nitrogens with one attached hydrogen (secondary N) is 1. The maximum absolute atomic E-state index is 13.2. The van der Waals surface area contributed by atoms with Gasteiger partial charge in [-0.15, -0.1) is 0 Å². The van der Waals surface area contributed by atoms with Crippen LogP contribution in [0.4, 0.5) is 20.3 Å². The first-order valence-corrected chi connectivity index (χ1v) is 8.58. The molecule has 0 aliphatic carbocycles. The number of carbonyl (C=O) groups excluding carboxylic acids is 1. The summed E-state index contributed by atoms with van der Waals surface area (Å²) in [6.45, 7) is 3.52. The lowest BCUT2D eigenvalue weighted by Gasteiger charge is -2.22. The molecular formula is C21H19F2N3O. The first-order valence-electron chi connectivity index (χ1n) is 8.58. The van der Waals surface area contributed by atoms with Crippen molar-refractivity contribution >= 4 is 17.4 Å². The topological polar surface area (TPSA) is 45.2 Å². The summed E-state index contributed by atoms with van der Waals surface area (Å²) in [5.74, 6) is -1.66. The van der Waals surface area contributed by atoms with Gasteiger partial charge in [-0.2, -0.15) is 0 Å². The van der Waals surface area contributed by atoms with Crippen molar-refractivity contribution in [2.75, 3.05) is 16.8 Å². The Kier molecular flexibility index (Phi) is 5.76. The van der Waals surface area contributed by atoms with Crippen molar-refractivity contribution < 1.29 is 13.6 Å². The predicted octanol–water partition coefficient (Wildman–Crippen LogP) is 4.64. The van der Waals surface area contributed by atoms with Crippen LogP contribution in [0.25, 0.3) is 0 Å². The van der Waals surface area contributed by atoms with Gasteiger partial charge in [0.05, 0.1) is 5.56 Å². The first kappa shape index (κ1) is 18.5. The summed E-state index contributed by atoms with van der Waals surface area (Å²) in [6, 6.07) is 16.7. The smallest absolute Gasteiger partial charge is 0.257 e. The maximum atomic E-state index is 13.2. The Bertz CT molecular complexity index is 914. The van der Waals surface area contributed by atoms with Crippen molar-refractivity contribution in [3.8, 4) is 0 Å². The maximum Gasteiger partial charge on any atom is 0.257 e. The highest BCUT2D eigenvalue weighted by Gasteiger charge is 2.11. The van der Waals surface area contributed by atoms with Gasteiger partial charge < -0.3 is 10.2 Å². The Morgan fingerprint density at radius 2 is 1.81 bits per heavy atom. The summed E-state index contributed by atoms with van der Waals surface area (Å²) in [5.41, 5.74) is 1.68. The van der Waals surface area contributed by atoms with E-state index in [0.717, 1.165) is 24.5 Å². The van der Waals surface area contributed by atoms with E-state index < -0.39 is 17.5 Å². The summed E-state index contributed by atoms with van der Waals surface area (Å²) < 4.78 is 26.2. The fourth-order valence-electron chi connectivity index (χ4n) is 2.64. The number of hydrogen-bond acceptors (Lipinski definition) is 3. The highest BCUT2D eigenvalue weighted by molar-refractivity contribution is 6.04. The fourth-order valence-corrected chi connectivity index (χ4v) is 2.64. The quantitative estimate of drug-likeness (QED) is 0.690. The third-order valence-corrected chi connectivity index (χ3v) is 4.11. The summed E-state index contributed by atoms with van der Waals surface area (Å²) in [6.07, 6.45) is 1.47. The molecule has 0 aliphatic rings. The largest absolute Gasteiger partial charge is 0.353 e. The van der Waals surface area contributed by atoms with E-state index in [-0.39, 0.29) is 5.69 Å². The van der Waals surface area contributed by atoms with Crippen molar-refractivity contribution in [1.82, 2.24) is 4.98 Å². The molecule has 1 aromatic heterocycles. The predicted molar refractivity (Wildman–Crippen MR) is 102 cm³/mol. The highest BCUT2D eigenvalue weighted by Crippen LogP contribution is 2.17. The van der Waals surface area contributed by atoms with E-state index in [1.165, 1.54) is 17.8 Å². The van der Waals surface area contributed by atoms with Crippen LogP contribution < -0.4 is 10.2 Å². The van der Waals surface area contributed by atoms with Crippen molar-refractivity contribution in [2.24, 2.45) is 0 Å². The molecule has 3 rings (SSSR count). The second kappa shape index (κ2) is 8.40. The molecule has 2 aromatic carbocycles. The summed E-state index contributed by atoms with van der Waals surface area (Å²) in [7, 11) is 0. The number of nitrogens with zero attached hydrogens (tertiary/aromatic N) is 2. The van der Waals surface area contributed by atoms with Crippen molar-refractivity contribution in [2.45, 2.75) is 13.5 Å². The normalized spacial score (nSPS) is 10.5. The molecule has 0 unspecified atom stereocenters. The lowest BCUT2D eigenvalue weighted by atomic mass is 10.2. The lowest BCUT2D eigenvalue weighted by Crippen LogP contribution is -2.23. The van der Waals surface area contributed by atoms with Gasteiger partial charge in [-0.05, 0) is 36.8 Å². The molecule has 0 saturated carbocycles. The average molecular weight is 367 g/mol. The standard InChI is InChI=1S/C21H19F2N3O/c1-2-26(14-15-6-4-3-5-7-15)20-11-8-16(13-24-20)21(27)25-17-9-10-18(22)19(23)12-17/h3-13H,2,14H2,1H3,(H,25,27). The SMILES string of the molecule is CCN(Cc1ccccc1)c1ccc(C(=O)Nc2ccc(F)c(F)c2)cn1. The zero-order valence-electron chi connectivity index (χ0n) is 14.8. The molecule has 138 valence electrons. The van der Waals surface area contributed by atoms with E-state index in [1.807, 2.05) is 37.3 Å². The van der Waals surface area contributed by atoms with Crippen LogP contribution in [-0.4, -0.2) is 17.4 Å². The molecule has 0 spiro atoms. The summed E-state index contributed by atoms with van der Waals surface area (Å²) in [5, 5.41) is 2.53. The number of carbonyl (C=O) groups is 1. The number of amides is 1. The zero-order chi connectivity index (χ0) is 19.2. The van der Waals surface area contributed by atoms with Gasteiger partial charge in [0.1, 0.15) is 5.82 Å². The van der Waals surface area contributed by atoms with E-state index >= 15 is 0 Å². The zero-order valence-corrected chi connectivity index (χ0v) is 14.8. The average Bonchev–Trinajstić information content (AvgIpc) is 2.70. The molecule has 1 N–H and O–H groups in total. The molecule has 1 heterocycles.